The standard InChI is InChI=1S/C12H25N/c1-9-5-7-10(8-6-9)11(13)12(2,3)4/h9-11H,5-8,13H2,1-4H3. The van der Waals surface area contributed by atoms with E-state index in [9.17, 15) is 0 Å². The Balaban J connectivity index is 2.45. The van der Waals surface area contributed by atoms with Crippen molar-refractivity contribution in [2.75, 3.05) is 0 Å². The topological polar surface area (TPSA) is 26.0 Å². The van der Waals surface area contributed by atoms with Gasteiger partial charge in [0.1, 0.15) is 0 Å². The average molecular weight is 183 g/mol. The van der Waals surface area contributed by atoms with Crippen molar-refractivity contribution in [2.45, 2.75) is 59.4 Å². The summed E-state index contributed by atoms with van der Waals surface area (Å²) in [6, 6.07) is 0.389. The number of nitrogens with two attached hydrogens (primary N) is 1. The van der Waals surface area contributed by atoms with Crippen LogP contribution in [0.15, 0.2) is 0 Å². The van der Waals surface area contributed by atoms with Crippen LogP contribution < -0.4 is 5.73 Å². The smallest absolute Gasteiger partial charge is 0.0116 e. The fourth-order valence-corrected chi connectivity index (χ4v) is 2.35. The van der Waals surface area contributed by atoms with Crippen molar-refractivity contribution in [3.8, 4) is 0 Å². The third kappa shape index (κ3) is 2.98. The summed E-state index contributed by atoms with van der Waals surface area (Å²) in [6.07, 6.45) is 5.46. The highest BCUT2D eigenvalue weighted by molar-refractivity contribution is 4.86. The lowest BCUT2D eigenvalue weighted by molar-refractivity contribution is 0.173. The molecule has 1 fully saturated rings. The summed E-state index contributed by atoms with van der Waals surface area (Å²) in [5, 5.41) is 0. The maximum Gasteiger partial charge on any atom is 0.0116 e. The molecule has 1 saturated carbocycles. The van der Waals surface area contributed by atoms with Crippen LogP contribution in [0.2, 0.25) is 0 Å². The summed E-state index contributed by atoms with van der Waals surface area (Å²) < 4.78 is 0. The Morgan fingerprint density at radius 3 is 1.92 bits per heavy atom. The molecule has 1 atom stereocenters. The van der Waals surface area contributed by atoms with Gasteiger partial charge in [-0.25, -0.2) is 0 Å². The van der Waals surface area contributed by atoms with E-state index in [0.29, 0.717) is 6.04 Å². The Bertz CT molecular complexity index is 149. The molecule has 13 heavy (non-hydrogen) atoms. The first-order valence-electron chi connectivity index (χ1n) is 5.67. The molecule has 1 nitrogen and oxygen atoms in total. The van der Waals surface area contributed by atoms with E-state index in [1.807, 2.05) is 0 Å². The lowest BCUT2D eigenvalue weighted by atomic mass is 9.71. The first kappa shape index (κ1) is 11.0. The Kier molecular flexibility index (Phi) is 3.39. The van der Waals surface area contributed by atoms with Crippen LogP contribution in [-0.4, -0.2) is 6.04 Å². The summed E-state index contributed by atoms with van der Waals surface area (Å²) in [5.41, 5.74) is 6.55. The van der Waals surface area contributed by atoms with E-state index in [1.165, 1.54) is 25.7 Å². The number of hydrogen-bond donors (Lipinski definition) is 1. The van der Waals surface area contributed by atoms with E-state index in [0.717, 1.165) is 11.8 Å². The van der Waals surface area contributed by atoms with Crippen LogP contribution in [0, 0.1) is 17.3 Å². The Morgan fingerprint density at radius 2 is 1.54 bits per heavy atom. The lowest BCUT2D eigenvalue weighted by Crippen LogP contribution is -2.43. The van der Waals surface area contributed by atoms with Crippen LogP contribution in [0.1, 0.15) is 53.4 Å². The SMILES string of the molecule is CC1CCC(C(N)C(C)(C)C)CC1. The molecule has 0 aliphatic heterocycles. The van der Waals surface area contributed by atoms with Crippen molar-refractivity contribution < 1.29 is 0 Å². The number of rotatable bonds is 1. The molecule has 0 aromatic carbocycles. The van der Waals surface area contributed by atoms with E-state index in [-0.39, 0.29) is 5.41 Å². The van der Waals surface area contributed by atoms with Crippen molar-refractivity contribution in [1.82, 2.24) is 0 Å². The Labute approximate surface area is 83.1 Å². The van der Waals surface area contributed by atoms with Gasteiger partial charge in [0.25, 0.3) is 0 Å². The Hall–Kier alpha value is -0.0400. The van der Waals surface area contributed by atoms with Gasteiger partial charge < -0.3 is 5.73 Å². The van der Waals surface area contributed by atoms with Crippen molar-refractivity contribution in [3.63, 3.8) is 0 Å². The minimum atomic E-state index is 0.283. The van der Waals surface area contributed by atoms with Gasteiger partial charge in [-0.1, -0.05) is 40.5 Å². The van der Waals surface area contributed by atoms with Gasteiger partial charge in [0.2, 0.25) is 0 Å². The maximum atomic E-state index is 6.27. The second-order valence-electron chi connectivity index (χ2n) is 5.91. The second kappa shape index (κ2) is 4.00. The molecule has 0 spiro atoms. The quantitative estimate of drug-likeness (QED) is 0.664. The van der Waals surface area contributed by atoms with E-state index in [1.54, 1.807) is 0 Å². The zero-order valence-corrected chi connectivity index (χ0v) is 9.64. The molecule has 1 heteroatoms. The molecule has 2 N–H and O–H groups in total. The molecule has 1 aliphatic carbocycles. The van der Waals surface area contributed by atoms with Crippen LogP contribution in [0.25, 0.3) is 0 Å². The van der Waals surface area contributed by atoms with Gasteiger partial charge >= 0.3 is 0 Å². The van der Waals surface area contributed by atoms with E-state index < -0.39 is 0 Å². The largest absolute Gasteiger partial charge is 0.327 e. The van der Waals surface area contributed by atoms with Gasteiger partial charge in [0.15, 0.2) is 0 Å². The summed E-state index contributed by atoms with van der Waals surface area (Å²) >= 11 is 0. The zero-order valence-electron chi connectivity index (χ0n) is 9.64. The minimum absolute atomic E-state index is 0.283. The van der Waals surface area contributed by atoms with Crippen LogP contribution >= 0.6 is 0 Å². The minimum Gasteiger partial charge on any atom is -0.327 e. The van der Waals surface area contributed by atoms with E-state index in [2.05, 4.69) is 27.7 Å². The van der Waals surface area contributed by atoms with Crippen LogP contribution in [-0.2, 0) is 0 Å². The fraction of sp³-hybridized carbons (Fsp3) is 1.00. The highest BCUT2D eigenvalue weighted by Gasteiger charge is 2.30. The highest BCUT2D eigenvalue weighted by Crippen LogP contribution is 2.35. The molecule has 0 saturated heterocycles. The lowest BCUT2D eigenvalue weighted by Gasteiger charge is -2.37. The monoisotopic (exact) mass is 183 g/mol. The van der Waals surface area contributed by atoms with Crippen LogP contribution in [0.5, 0.6) is 0 Å². The average Bonchev–Trinajstić information content (AvgIpc) is 2.03. The van der Waals surface area contributed by atoms with E-state index >= 15 is 0 Å². The molecule has 0 aromatic heterocycles. The molecule has 0 radical (unpaired) electrons. The van der Waals surface area contributed by atoms with Gasteiger partial charge in [-0.3, -0.25) is 0 Å². The van der Waals surface area contributed by atoms with Crippen molar-refractivity contribution in [2.24, 2.45) is 23.0 Å². The molecule has 1 unspecified atom stereocenters. The molecule has 0 aromatic rings. The van der Waals surface area contributed by atoms with Crippen molar-refractivity contribution in [1.29, 1.82) is 0 Å². The third-order valence-corrected chi connectivity index (χ3v) is 3.57. The number of hydrogen-bond acceptors (Lipinski definition) is 1. The molecule has 0 amide bonds. The third-order valence-electron chi connectivity index (χ3n) is 3.57. The normalized spacial score (nSPS) is 33.0. The molecule has 1 aliphatic rings. The maximum absolute atomic E-state index is 6.27. The molecule has 0 heterocycles. The predicted octanol–water partition coefficient (Wildman–Crippen LogP) is 3.19. The van der Waals surface area contributed by atoms with Crippen LogP contribution in [0.3, 0.4) is 0 Å². The summed E-state index contributed by atoms with van der Waals surface area (Å²) in [4.78, 5) is 0. The highest BCUT2D eigenvalue weighted by atomic mass is 14.7. The Morgan fingerprint density at radius 1 is 1.08 bits per heavy atom. The molecule has 0 bridgehead atoms. The van der Waals surface area contributed by atoms with Crippen molar-refractivity contribution >= 4 is 0 Å². The van der Waals surface area contributed by atoms with Crippen molar-refractivity contribution in [3.05, 3.63) is 0 Å². The zero-order chi connectivity index (χ0) is 10.1. The predicted molar refractivity (Wildman–Crippen MR) is 58.6 cm³/mol. The molecule has 1 rings (SSSR count). The first-order chi connectivity index (χ1) is 5.91. The molecular formula is C12H25N. The van der Waals surface area contributed by atoms with Gasteiger partial charge in [-0.2, -0.15) is 0 Å². The van der Waals surface area contributed by atoms with Gasteiger partial charge in [0, 0.05) is 6.04 Å². The van der Waals surface area contributed by atoms with Crippen LogP contribution in [0.4, 0.5) is 0 Å². The summed E-state index contributed by atoms with van der Waals surface area (Å²) in [5.74, 6) is 1.71. The van der Waals surface area contributed by atoms with Gasteiger partial charge in [-0.15, -0.1) is 0 Å². The van der Waals surface area contributed by atoms with Gasteiger partial charge in [-0.05, 0) is 30.1 Å². The fourth-order valence-electron chi connectivity index (χ4n) is 2.35. The molecular weight excluding hydrogens is 158 g/mol. The van der Waals surface area contributed by atoms with E-state index in [4.69, 9.17) is 5.73 Å². The second-order valence-corrected chi connectivity index (χ2v) is 5.91. The summed E-state index contributed by atoms with van der Waals surface area (Å²) in [7, 11) is 0. The van der Waals surface area contributed by atoms with Gasteiger partial charge in [0.05, 0.1) is 0 Å². The summed E-state index contributed by atoms with van der Waals surface area (Å²) in [6.45, 7) is 9.14. The first-order valence-corrected chi connectivity index (χ1v) is 5.67. The molecule has 78 valence electrons.